The molecule has 0 aliphatic carbocycles. The number of morpholine rings is 1. The number of piperidine rings is 2. The van der Waals surface area contributed by atoms with Crippen LogP contribution in [-0.2, 0) is 16.0 Å². The first-order chi connectivity index (χ1) is 18.7. The molecule has 3 heterocycles. The predicted octanol–water partition coefficient (Wildman–Crippen LogP) is 2.97. The molecular weight excluding hydrogens is 497 g/mol. The van der Waals surface area contributed by atoms with Crippen molar-refractivity contribution in [2.24, 2.45) is 17.3 Å². The van der Waals surface area contributed by atoms with Gasteiger partial charge in [0.15, 0.2) is 0 Å². The summed E-state index contributed by atoms with van der Waals surface area (Å²) in [6, 6.07) is 6.64. The molecule has 1 aromatic rings. The molecule has 2 N–H and O–H groups in total. The fraction of sp³-hybridized carbons (Fsp3) is 0.733. The summed E-state index contributed by atoms with van der Waals surface area (Å²) in [6.45, 7) is 14.8. The summed E-state index contributed by atoms with van der Waals surface area (Å²) in [4.78, 5) is 32.8. The summed E-state index contributed by atoms with van der Waals surface area (Å²) < 4.78 is 18.7. The number of urea groups is 1. The van der Waals surface area contributed by atoms with Crippen LogP contribution in [0.25, 0.3) is 0 Å². The van der Waals surface area contributed by atoms with Crippen LogP contribution in [0, 0.1) is 23.1 Å². The highest BCUT2D eigenvalue weighted by Crippen LogP contribution is 2.27. The zero-order valence-electron chi connectivity index (χ0n) is 24.1. The lowest BCUT2D eigenvalue weighted by molar-refractivity contribution is -0.141. The maximum Gasteiger partial charge on any atom is 0.315 e. The Bertz CT molecular complexity index is 932. The number of carbonyl (C=O) groups excluding carboxylic acids is 2. The highest BCUT2D eigenvalue weighted by Gasteiger charge is 2.37. The fourth-order valence-corrected chi connectivity index (χ4v) is 6.18. The van der Waals surface area contributed by atoms with E-state index in [0.717, 1.165) is 78.3 Å². The zero-order valence-corrected chi connectivity index (χ0v) is 24.1. The molecule has 39 heavy (non-hydrogen) atoms. The van der Waals surface area contributed by atoms with Crippen LogP contribution in [0.15, 0.2) is 24.3 Å². The standard InChI is InChI=1S/C30H48FN5O3/c1-30(2,3)28(37)36-13-10-25(27(22-36)33-29(38)32-11-14-34-15-17-39-18-16-34)21-35-12-4-5-24(20-35)19-23-6-8-26(31)9-7-23/h6-9,24-25,27H,4-5,10-22H2,1-3H3,(H2,32,33,38)/t24?,25-,27-/m0/s1. The summed E-state index contributed by atoms with van der Waals surface area (Å²) in [5.41, 5.74) is 0.740. The van der Waals surface area contributed by atoms with Gasteiger partial charge in [-0.05, 0) is 61.8 Å². The molecule has 1 unspecified atom stereocenters. The first kappa shape index (κ1) is 29.7. The fourth-order valence-electron chi connectivity index (χ4n) is 6.18. The van der Waals surface area contributed by atoms with Gasteiger partial charge in [0, 0.05) is 57.8 Å². The second kappa shape index (κ2) is 13.9. The highest BCUT2D eigenvalue weighted by molar-refractivity contribution is 5.82. The van der Waals surface area contributed by atoms with Crippen molar-refractivity contribution in [1.29, 1.82) is 0 Å². The van der Waals surface area contributed by atoms with Crippen molar-refractivity contribution < 1.29 is 18.7 Å². The number of carbonyl (C=O) groups is 2. The summed E-state index contributed by atoms with van der Waals surface area (Å²) in [6.07, 6.45) is 4.16. The summed E-state index contributed by atoms with van der Waals surface area (Å²) in [5, 5.41) is 6.28. The number of nitrogens with zero attached hydrogens (tertiary/aromatic N) is 3. The molecule has 3 amide bonds. The third kappa shape index (κ3) is 9.15. The summed E-state index contributed by atoms with van der Waals surface area (Å²) in [5.74, 6) is 0.770. The van der Waals surface area contributed by atoms with Crippen molar-refractivity contribution in [3.05, 3.63) is 35.6 Å². The second-order valence-electron chi connectivity index (χ2n) is 12.6. The van der Waals surface area contributed by atoms with Gasteiger partial charge in [-0.15, -0.1) is 0 Å². The predicted molar refractivity (Wildman–Crippen MR) is 151 cm³/mol. The smallest absolute Gasteiger partial charge is 0.315 e. The lowest BCUT2D eigenvalue weighted by Crippen LogP contribution is -2.59. The third-order valence-electron chi connectivity index (χ3n) is 8.35. The minimum Gasteiger partial charge on any atom is -0.379 e. The first-order valence-electron chi connectivity index (χ1n) is 14.8. The lowest BCUT2D eigenvalue weighted by Gasteiger charge is -2.43. The maximum atomic E-state index is 13.3. The van der Waals surface area contributed by atoms with Crippen LogP contribution in [0.3, 0.4) is 0 Å². The van der Waals surface area contributed by atoms with Gasteiger partial charge < -0.3 is 25.2 Å². The van der Waals surface area contributed by atoms with Crippen LogP contribution in [0.5, 0.6) is 0 Å². The summed E-state index contributed by atoms with van der Waals surface area (Å²) in [7, 11) is 0. The van der Waals surface area contributed by atoms with Crippen molar-refractivity contribution in [1.82, 2.24) is 25.3 Å². The topological polar surface area (TPSA) is 77.2 Å². The molecule has 0 saturated carbocycles. The molecule has 8 nitrogen and oxygen atoms in total. The number of hydrogen-bond donors (Lipinski definition) is 2. The van der Waals surface area contributed by atoms with Crippen LogP contribution < -0.4 is 10.6 Å². The van der Waals surface area contributed by atoms with E-state index < -0.39 is 5.41 Å². The largest absolute Gasteiger partial charge is 0.379 e. The zero-order chi connectivity index (χ0) is 27.8. The van der Waals surface area contributed by atoms with E-state index in [4.69, 9.17) is 4.74 Å². The third-order valence-corrected chi connectivity index (χ3v) is 8.35. The van der Waals surface area contributed by atoms with Crippen LogP contribution in [0.2, 0.25) is 0 Å². The molecule has 4 rings (SSSR count). The molecule has 9 heteroatoms. The Labute approximate surface area is 233 Å². The van der Waals surface area contributed by atoms with Gasteiger partial charge in [-0.1, -0.05) is 32.9 Å². The van der Waals surface area contributed by atoms with Gasteiger partial charge in [0.1, 0.15) is 5.82 Å². The minimum atomic E-state index is -0.446. The molecule has 0 bridgehead atoms. The SMILES string of the molecule is CC(C)(C)C(=O)N1CC[C@@H](CN2CCCC(Cc3ccc(F)cc3)C2)[C@@H](NC(=O)NCCN2CCOCC2)C1. The van der Waals surface area contributed by atoms with E-state index in [-0.39, 0.29) is 29.7 Å². The van der Waals surface area contributed by atoms with Gasteiger partial charge in [0.2, 0.25) is 5.91 Å². The van der Waals surface area contributed by atoms with Gasteiger partial charge in [-0.3, -0.25) is 9.69 Å². The van der Waals surface area contributed by atoms with Crippen LogP contribution in [0.1, 0.15) is 45.6 Å². The van der Waals surface area contributed by atoms with Crippen molar-refractivity contribution in [3.63, 3.8) is 0 Å². The Kier molecular flexibility index (Phi) is 10.6. The summed E-state index contributed by atoms with van der Waals surface area (Å²) >= 11 is 0. The molecule has 3 saturated heterocycles. The Hall–Kier alpha value is -2.23. The normalized spacial score (nSPS) is 25.3. The van der Waals surface area contributed by atoms with E-state index in [0.29, 0.717) is 19.0 Å². The number of ether oxygens (including phenoxy) is 1. The van der Waals surface area contributed by atoms with Crippen LogP contribution in [-0.4, -0.2) is 105 Å². The number of nitrogens with one attached hydrogen (secondary N) is 2. The molecule has 1 aromatic carbocycles. The van der Waals surface area contributed by atoms with Crippen molar-refractivity contribution in [3.8, 4) is 0 Å². The number of likely N-dealkylation sites (tertiary alicyclic amines) is 2. The number of halogens is 1. The second-order valence-corrected chi connectivity index (χ2v) is 12.6. The Balaban J connectivity index is 1.33. The first-order valence-corrected chi connectivity index (χ1v) is 14.8. The minimum absolute atomic E-state index is 0.0917. The van der Waals surface area contributed by atoms with Gasteiger partial charge in [-0.25, -0.2) is 9.18 Å². The monoisotopic (exact) mass is 545 g/mol. The molecule has 0 aromatic heterocycles. The lowest BCUT2D eigenvalue weighted by atomic mass is 9.86. The van der Waals surface area contributed by atoms with Gasteiger partial charge in [-0.2, -0.15) is 0 Å². The van der Waals surface area contributed by atoms with Crippen LogP contribution in [0.4, 0.5) is 9.18 Å². The molecule has 0 radical (unpaired) electrons. The quantitative estimate of drug-likeness (QED) is 0.525. The Morgan fingerprint density at radius 3 is 2.46 bits per heavy atom. The van der Waals surface area contributed by atoms with E-state index >= 15 is 0 Å². The van der Waals surface area contributed by atoms with Crippen molar-refractivity contribution in [2.45, 2.75) is 52.5 Å². The van der Waals surface area contributed by atoms with E-state index in [9.17, 15) is 14.0 Å². The number of rotatable bonds is 8. The molecule has 3 aliphatic heterocycles. The molecule has 3 fully saturated rings. The van der Waals surface area contributed by atoms with E-state index in [1.807, 2.05) is 37.8 Å². The van der Waals surface area contributed by atoms with Crippen molar-refractivity contribution >= 4 is 11.9 Å². The molecule has 218 valence electrons. The average molecular weight is 546 g/mol. The Morgan fingerprint density at radius 2 is 1.74 bits per heavy atom. The number of hydrogen-bond acceptors (Lipinski definition) is 5. The average Bonchev–Trinajstić information content (AvgIpc) is 2.91. The van der Waals surface area contributed by atoms with E-state index in [1.54, 1.807) is 12.1 Å². The molecular formula is C30H48FN5O3. The molecule has 0 spiro atoms. The Morgan fingerprint density at radius 1 is 1.00 bits per heavy atom. The highest BCUT2D eigenvalue weighted by atomic mass is 19.1. The van der Waals surface area contributed by atoms with Gasteiger partial charge >= 0.3 is 6.03 Å². The number of amides is 3. The van der Waals surface area contributed by atoms with E-state index in [2.05, 4.69) is 20.4 Å². The molecule has 3 aliphatic rings. The number of benzene rings is 1. The van der Waals surface area contributed by atoms with Crippen LogP contribution >= 0.6 is 0 Å². The van der Waals surface area contributed by atoms with E-state index in [1.165, 1.54) is 12.0 Å². The maximum absolute atomic E-state index is 13.3. The van der Waals surface area contributed by atoms with Gasteiger partial charge in [0.25, 0.3) is 0 Å². The van der Waals surface area contributed by atoms with Crippen molar-refractivity contribution in [2.75, 3.05) is 72.1 Å². The van der Waals surface area contributed by atoms with Gasteiger partial charge in [0.05, 0.1) is 19.3 Å². The molecule has 3 atom stereocenters.